The van der Waals surface area contributed by atoms with E-state index in [1.165, 1.54) is 5.56 Å². The number of nitrogens with one attached hydrogen (secondary N) is 1. The Labute approximate surface area is 126 Å². The molecule has 0 bridgehead atoms. The average Bonchev–Trinajstić information content (AvgIpc) is 3.00. The van der Waals surface area contributed by atoms with Crippen molar-refractivity contribution >= 4 is 0 Å². The molecule has 0 aliphatic carbocycles. The molecule has 0 aliphatic heterocycles. The van der Waals surface area contributed by atoms with Crippen LogP contribution in [0.4, 0.5) is 0 Å². The quantitative estimate of drug-likeness (QED) is 0.852. The standard InChI is InChI=1S/C16H26N4O/c1-6-15-18-16(7-2)20(19-15)10-14-8-13(12(5)21-14)9-17-11(3)4/h8,11,17H,6-7,9-10H2,1-5H3. The molecule has 0 saturated heterocycles. The molecular weight excluding hydrogens is 264 g/mol. The van der Waals surface area contributed by atoms with E-state index in [-0.39, 0.29) is 0 Å². The van der Waals surface area contributed by atoms with Gasteiger partial charge in [0.05, 0.1) is 0 Å². The third kappa shape index (κ3) is 3.94. The second kappa shape index (κ2) is 6.89. The first-order valence-electron chi connectivity index (χ1n) is 7.77. The molecule has 0 spiro atoms. The lowest BCUT2D eigenvalue weighted by molar-refractivity contribution is 0.450. The van der Waals surface area contributed by atoms with Gasteiger partial charge in [0.2, 0.25) is 0 Å². The highest BCUT2D eigenvalue weighted by Gasteiger charge is 2.12. The van der Waals surface area contributed by atoms with Crippen LogP contribution in [0, 0.1) is 6.92 Å². The van der Waals surface area contributed by atoms with Gasteiger partial charge in [-0.25, -0.2) is 9.67 Å². The molecule has 0 amide bonds. The molecule has 0 aliphatic rings. The highest BCUT2D eigenvalue weighted by molar-refractivity contribution is 5.21. The fourth-order valence-electron chi connectivity index (χ4n) is 2.27. The van der Waals surface area contributed by atoms with Gasteiger partial charge in [-0.05, 0) is 13.0 Å². The number of furan rings is 1. The predicted octanol–water partition coefficient (Wildman–Crippen LogP) is 2.85. The van der Waals surface area contributed by atoms with Crippen molar-refractivity contribution in [2.24, 2.45) is 0 Å². The molecule has 0 aromatic carbocycles. The molecule has 1 N–H and O–H groups in total. The van der Waals surface area contributed by atoms with Crippen LogP contribution in [0.3, 0.4) is 0 Å². The zero-order valence-corrected chi connectivity index (χ0v) is 13.7. The monoisotopic (exact) mass is 290 g/mol. The van der Waals surface area contributed by atoms with Crippen molar-refractivity contribution in [3.63, 3.8) is 0 Å². The largest absolute Gasteiger partial charge is 0.464 e. The molecule has 116 valence electrons. The van der Waals surface area contributed by atoms with E-state index in [9.17, 15) is 0 Å². The zero-order chi connectivity index (χ0) is 15.4. The summed E-state index contributed by atoms with van der Waals surface area (Å²) in [6, 6.07) is 2.59. The number of aryl methyl sites for hydroxylation is 3. The molecule has 2 aromatic rings. The summed E-state index contributed by atoms with van der Waals surface area (Å²) in [4.78, 5) is 4.53. The van der Waals surface area contributed by atoms with Gasteiger partial charge in [0.25, 0.3) is 0 Å². The number of hydrogen-bond donors (Lipinski definition) is 1. The van der Waals surface area contributed by atoms with Gasteiger partial charge in [-0.1, -0.05) is 27.7 Å². The third-order valence-corrected chi connectivity index (χ3v) is 3.50. The number of rotatable bonds is 7. The highest BCUT2D eigenvalue weighted by Crippen LogP contribution is 2.16. The predicted molar refractivity (Wildman–Crippen MR) is 83.3 cm³/mol. The number of nitrogens with zero attached hydrogens (tertiary/aromatic N) is 3. The van der Waals surface area contributed by atoms with Crippen LogP contribution < -0.4 is 5.32 Å². The summed E-state index contributed by atoms with van der Waals surface area (Å²) in [5.74, 6) is 3.84. The minimum Gasteiger partial charge on any atom is -0.464 e. The Bertz CT molecular complexity index is 583. The lowest BCUT2D eigenvalue weighted by Gasteiger charge is -2.06. The third-order valence-electron chi connectivity index (χ3n) is 3.50. The van der Waals surface area contributed by atoms with Gasteiger partial charge in [0, 0.05) is 31.0 Å². The van der Waals surface area contributed by atoms with Crippen LogP contribution in [0.25, 0.3) is 0 Å². The average molecular weight is 290 g/mol. The fourth-order valence-corrected chi connectivity index (χ4v) is 2.27. The highest BCUT2D eigenvalue weighted by atomic mass is 16.3. The topological polar surface area (TPSA) is 55.9 Å². The van der Waals surface area contributed by atoms with Crippen molar-refractivity contribution < 1.29 is 4.42 Å². The second-order valence-electron chi connectivity index (χ2n) is 5.64. The summed E-state index contributed by atoms with van der Waals surface area (Å²) in [5, 5.41) is 7.96. The van der Waals surface area contributed by atoms with Gasteiger partial charge in [0.1, 0.15) is 23.9 Å². The van der Waals surface area contributed by atoms with Gasteiger partial charge in [-0.3, -0.25) is 0 Å². The van der Waals surface area contributed by atoms with Crippen LogP contribution in [-0.2, 0) is 25.9 Å². The minimum absolute atomic E-state index is 0.469. The van der Waals surface area contributed by atoms with Crippen LogP contribution in [0.2, 0.25) is 0 Å². The van der Waals surface area contributed by atoms with Crippen LogP contribution in [0.5, 0.6) is 0 Å². The fraction of sp³-hybridized carbons (Fsp3) is 0.625. The summed E-state index contributed by atoms with van der Waals surface area (Å²) in [7, 11) is 0. The summed E-state index contributed by atoms with van der Waals surface area (Å²) < 4.78 is 7.82. The molecule has 0 unspecified atom stereocenters. The van der Waals surface area contributed by atoms with E-state index in [0.717, 1.165) is 42.6 Å². The van der Waals surface area contributed by atoms with Crippen molar-refractivity contribution in [2.45, 2.75) is 66.6 Å². The van der Waals surface area contributed by atoms with Crippen molar-refractivity contribution in [3.05, 3.63) is 34.8 Å². The normalized spacial score (nSPS) is 11.5. The number of hydrogen-bond acceptors (Lipinski definition) is 4. The maximum atomic E-state index is 5.86. The minimum atomic E-state index is 0.469. The van der Waals surface area contributed by atoms with Gasteiger partial charge in [0.15, 0.2) is 5.82 Å². The van der Waals surface area contributed by atoms with E-state index in [4.69, 9.17) is 4.42 Å². The summed E-state index contributed by atoms with van der Waals surface area (Å²) in [6.45, 7) is 12.0. The van der Waals surface area contributed by atoms with E-state index >= 15 is 0 Å². The molecule has 21 heavy (non-hydrogen) atoms. The summed E-state index contributed by atoms with van der Waals surface area (Å²) in [5.41, 5.74) is 1.22. The molecule has 0 radical (unpaired) electrons. The maximum absolute atomic E-state index is 5.86. The molecular formula is C16H26N4O. The maximum Gasteiger partial charge on any atom is 0.150 e. The smallest absolute Gasteiger partial charge is 0.150 e. The second-order valence-corrected chi connectivity index (χ2v) is 5.64. The molecule has 5 nitrogen and oxygen atoms in total. The van der Waals surface area contributed by atoms with Gasteiger partial charge < -0.3 is 9.73 Å². The lowest BCUT2D eigenvalue weighted by Crippen LogP contribution is -2.21. The van der Waals surface area contributed by atoms with Crippen LogP contribution in [-0.4, -0.2) is 20.8 Å². The molecule has 2 aromatic heterocycles. The van der Waals surface area contributed by atoms with Crippen LogP contribution in [0.15, 0.2) is 10.5 Å². The van der Waals surface area contributed by atoms with E-state index in [1.54, 1.807) is 0 Å². The number of aromatic nitrogens is 3. The first-order valence-corrected chi connectivity index (χ1v) is 7.77. The van der Waals surface area contributed by atoms with E-state index < -0.39 is 0 Å². The van der Waals surface area contributed by atoms with Crippen molar-refractivity contribution in [3.8, 4) is 0 Å². The van der Waals surface area contributed by atoms with Crippen molar-refractivity contribution in [1.82, 2.24) is 20.1 Å². The lowest BCUT2D eigenvalue weighted by atomic mass is 10.2. The Balaban J connectivity index is 2.12. The van der Waals surface area contributed by atoms with Gasteiger partial charge >= 0.3 is 0 Å². The molecule has 0 fully saturated rings. The zero-order valence-electron chi connectivity index (χ0n) is 13.7. The van der Waals surface area contributed by atoms with E-state index in [1.807, 2.05) is 11.6 Å². The Hall–Kier alpha value is -1.62. The Morgan fingerprint density at radius 3 is 2.67 bits per heavy atom. The van der Waals surface area contributed by atoms with Crippen molar-refractivity contribution in [1.29, 1.82) is 0 Å². The van der Waals surface area contributed by atoms with E-state index in [2.05, 4.69) is 49.2 Å². The SMILES string of the molecule is CCc1nc(CC)n(Cc2cc(CNC(C)C)c(C)o2)n1. The Kier molecular flexibility index (Phi) is 5.17. The van der Waals surface area contributed by atoms with Gasteiger partial charge in [-0.2, -0.15) is 5.10 Å². The van der Waals surface area contributed by atoms with Gasteiger partial charge in [-0.15, -0.1) is 0 Å². The molecule has 5 heteroatoms. The van der Waals surface area contributed by atoms with Crippen molar-refractivity contribution in [2.75, 3.05) is 0 Å². The summed E-state index contributed by atoms with van der Waals surface area (Å²) >= 11 is 0. The Morgan fingerprint density at radius 1 is 1.29 bits per heavy atom. The molecule has 2 rings (SSSR count). The molecule has 2 heterocycles. The molecule has 0 saturated carbocycles. The van der Waals surface area contributed by atoms with Crippen LogP contribution >= 0.6 is 0 Å². The molecule has 0 atom stereocenters. The van der Waals surface area contributed by atoms with Crippen LogP contribution in [0.1, 0.15) is 56.4 Å². The summed E-state index contributed by atoms with van der Waals surface area (Å²) in [6.07, 6.45) is 1.75. The van der Waals surface area contributed by atoms with E-state index in [0.29, 0.717) is 12.6 Å². The first-order chi connectivity index (χ1) is 10.0. The first kappa shape index (κ1) is 15.8. The Morgan fingerprint density at radius 2 is 2.05 bits per heavy atom.